The van der Waals surface area contributed by atoms with E-state index in [0.29, 0.717) is 16.7 Å². The molecule has 0 amide bonds. The van der Waals surface area contributed by atoms with Crippen LogP contribution in [0.3, 0.4) is 0 Å². The third-order valence-electron chi connectivity index (χ3n) is 3.13. The van der Waals surface area contributed by atoms with Crippen molar-refractivity contribution < 1.29 is 13.9 Å². The summed E-state index contributed by atoms with van der Waals surface area (Å²) in [7, 11) is 0. The van der Waals surface area contributed by atoms with E-state index in [1.165, 1.54) is 18.4 Å². The van der Waals surface area contributed by atoms with Crippen molar-refractivity contribution in [2.75, 3.05) is 0 Å². The predicted molar refractivity (Wildman–Crippen MR) is 83.3 cm³/mol. The molecule has 0 saturated carbocycles. The molecule has 5 heteroatoms. The van der Waals surface area contributed by atoms with Gasteiger partial charge in [0.05, 0.1) is 11.8 Å². The normalized spacial score (nSPS) is 10.6. The Bertz CT molecular complexity index is 884. The smallest absolute Gasteiger partial charge is 0.315 e. The lowest BCUT2D eigenvalue weighted by molar-refractivity contribution is -0.133. The third kappa shape index (κ3) is 3.02. The molecule has 0 bridgehead atoms. The number of rotatable bonds is 3. The molecule has 0 aliphatic carbocycles. The number of carbonyl (C=O) groups excluding carboxylic acids is 1. The number of benzene rings is 2. The largest absolute Gasteiger partial charge is 0.462 e. The van der Waals surface area contributed by atoms with Crippen LogP contribution in [0.5, 0.6) is 5.75 Å². The molecular weight excluding hydrogens is 304 g/mol. The van der Waals surface area contributed by atoms with Crippen LogP contribution in [-0.2, 0) is 11.2 Å². The van der Waals surface area contributed by atoms with E-state index in [1.807, 2.05) is 30.3 Å². The maximum atomic E-state index is 11.9. The van der Waals surface area contributed by atoms with Crippen molar-refractivity contribution in [1.82, 2.24) is 0 Å². The fourth-order valence-corrected chi connectivity index (χ4v) is 2.23. The monoisotopic (exact) mass is 314 g/mol. The van der Waals surface area contributed by atoms with E-state index in [9.17, 15) is 9.59 Å². The van der Waals surface area contributed by atoms with E-state index < -0.39 is 0 Å². The van der Waals surface area contributed by atoms with Crippen molar-refractivity contribution in [2.45, 2.75) is 6.42 Å². The first kappa shape index (κ1) is 14.4. The summed E-state index contributed by atoms with van der Waals surface area (Å²) in [6, 6.07) is 13.9. The van der Waals surface area contributed by atoms with Gasteiger partial charge in [-0.2, -0.15) is 0 Å². The molecule has 0 N–H and O–H groups in total. The van der Waals surface area contributed by atoms with E-state index in [4.69, 9.17) is 20.8 Å². The van der Waals surface area contributed by atoms with Crippen LogP contribution in [0.2, 0.25) is 5.02 Å². The van der Waals surface area contributed by atoms with Crippen molar-refractivity contribution in [2.24, 2.45) is 0 Å². The highest BCUT2D eigenvalue weighted by Crippen LogP contribution is 2.20. The van der Waals surface area contributed by atoms with E-state index in [1.54, 1.807) is 6.07 Å². The number of esters is 1. The second-order valence-electron chi connectivity index (χ2n) is 4.71. The van der Waals surface area contributed by atoms with Gasteiger partial charge < -0.3 is 9.15 Å². The van der Waals surface area contributed by atoms with Gasteiger partial charge >= 0.3 is 5.97 Å². The number of fused-ring (bicyclic) bond motifs is 1. The Balaban J connectivity index is 1.81. The van der Waals surface area contributed by atoms with Gasteiger partial charge in [-0.3, -0.25) is 9.59 Å². The van der Waals surface area contributed by atoms with E-state index in [2.05, 4.69) is 0 Å². The van der Waals surface area contributed by atoms with Crippen LogP contribution in [0, 0.1) is 0 Å². The zero-order chi connectivity index (χ0) is 15.5. The van der Waals surface area contributed by atoms with Crippen LogP contribution in [0.1, 0.15) is 5.56 Å². The Hall–Kier alpha value is -2.59. The van der Waals surface area contributed by atoms with Crippen LogP contribution in [0.15, 0.2) is 64.0 Å². The van der Waals surface area contributed by atoms with Gasteiger partial charge in [-0.1, -0.05) is 41.9 Å². The molecule has 0 atom stereocenters. The minimum Gasteiger partial charge on any atom is -0.462 e. The van der Waals surface area contributed by atoms with Gasteiger partial charge in [0.1, 0.15) is 22.6 Å². The second kappa shape index (κ2) is 6.03. The molecule has 0 spiro atoms. The highest BCUT2D eigenvalue weighted by atomic mass is 35.5. The summed E-state index contributed by atoms with van der Waals surface area (Å²) in [5, 5.41) is 0.358. The average molecular weight is 315 g/mol. The van der Waals surface area contributed by atoms with E-state index >= 15 is 0 Å². The summed E-state index contributed by atoms with van der Waals surface area (Å²) >= 11 is 5.71. The van der Waals surface area contributed by atoms with Gasteiger partial charge in [-0.15, -0.1) is 0 Å². The quantitative estimate of drug-likeness (QED) is 0.547. The number of carbonyl (C=O) groups is 1. The fraction of sp³-hybridized carbons (Fsp3) is 0.0588. The molecule has 2 aromatic carbocycles. The first-order valence-electron chi connectivity index (χ1n) is 6.59. The SMILES string of the molecule is O=C(Cc1ccccc1)Oc1ccc2c(=O)c(Cl)coc2c1. The molecular formula is C17H11ClO4. The van der Waals surface area contributed by atoms with Gasteiger partial charge in [0.25, 0.3) is 0 Å². The van der Waals surface area contributed by atoms with Crippen molar-refractivity contribution in [3.05, 3.63) is 75.6 Å². The molecule has 0 saturated heterocycles. The van der Waals surface area contributed by atoms with Gasteiger partial charge in [0.2, 0.25) is 5.43 Å². The van der Waals surface area contributed by atoms with Gasteiger partial charge in [-0.25, -0.2) is 0 Å². The predicted octanol–water partition coefficient (Wildman–Crippen LogP) is 3.59. The van der Waals surface area contributed by atoms with Gasteiger partial charge in [0, 0.05) is 6.07 Å². The van der Waals surface area contributed by atoms with Crippen LogP contribution >= 0.6 is 11.6 Å². The van der Waals surface area contributed by atoms with Crippen LogP contribution in [0.25, 0.3) is 11.0 Å². The Labute approximate surface area is 130 Å². The van der Waals surface area contributed by atoms with Crippen molar-refractivity contribution in [3.63, 3.8) is 0 Å². The molecule has 22 heavy (non-hydrogen) atoms. The first-order valence-corrected chi connectivity index (χ1v) is 6.97. The molecule has 4 nitrogen and oxygen atoms in total. The molecule has 110 valence electrons. The summed E-state index contributed by atoms with van der Waals surface area (Å²) < 4.78 is 10.5. The molecule has 3 aromatic rings. The molecule has 0 aliphatic heterocycles. The fourth-order valence-electron chi connectivity index (χ4n) is 2.08. The summed E-state index contributed by atoms with van der Waals surface area (Å²) in [4.78, 5) is 23.7. The van der Waals surface area contributed by atoms with Crippen molar-refractivity contribution in [3.8, 4) is 5.75 Å². The lowest BCUT2D eigenvalue weighted by atomic mass is 10.1. The number of hydrogen-bond acceptors (Lipinski definition) is 4. The Morgan fingerprint density at radius 3 is 2.68 bits per heavy atom. The summed E-state index contributed by atoms with van der Waals surface area (Å²) in [5.41, 5.74) is 0.871. The van der Waals surface area contributed by atoms with Gasteiger partial charge in [0.15, 0.2) is 0 Å². The number of hydrogen-bond donors (Lipinski definition) is 0. The highest BCUT2D eigenvalue weighted by molar-refractivity contribution is 6.30. The Morgan fingerprint density at radius 2 is 1.91 bits per heavy atom. The first-order chi connectivity index (χ1) is 10.6. The zero-order valence-corrected chi connectivity index (χ0v) is 12.2. The Kier molecular flexibility index (Phi) is 3.94. The standard InChI is InChI=1S/C17H11ClO4/c18-14-10-21-15-9-12(6-7-13(15)17(14)20)22-16(19)8-11-4-2-1-3-5-11/h1-7,9-10H,8H2. The van der Waals surface area contributed by atoms with Crippen LogP contribution in [0.4, 0.5) is 0 Å². The highest BCUT2D eigenvalue weighted by Gasteiger charge is 2.10. The zero-order valence-electron chi connectivity index (χ0n) is 11.4. The second-order valence-corrected chi connectivity index (χ2v) is 5.11. The number of ether oxygens (including phenoxy) is 1. The van der Waals surface area contributed by atoms with E-state index in [0.717, 1.165) is 5.56 Å². The minimum atomic E-state index is -0.387. The average Bonchev–Trinajstić information content (AvgIpc) is 2.52. The number of halogens is 1. The molecule has 1 heterocycles. The van der Waals surface area contributed by atoms with Crippen molar-refractivity contribution in [1.29, 1.82) is 0 Å². The van der Waals surface area contributed by atoms with Crippen LogP contribution < -0.4 is 10.2 Å². The Morgan fingerprint density at radius 1 is 1.14 bits per heavy atom. The lowest BCUT2D eigenvalue weighted by Gasteiger charge is -2.05. The van der Waals surface area contributed by atoms with Gasteiger partial charge in [-0.05, 0) is 17.7 Å². The lowest BCUT2D eigenvalue weighted by Crippen LogP contribution is -2.11. The van der Waals surface area contributed by atoms with Crippen molar-refractivity contribution >= 4 is 28.5 Å². The maximum Gasteiger partial charge on any atom is 0.315 e. The molecule has 0 fully saturated rings. The molecule has 3 rings (SSSR count). The molecule has 0 aliphatic rings. The van der Waals surface area contributed by atoms with E-state index in [-0.39, 0.29) is 22.8 Å². The maximum absolute atomic E-state index is 11.9. The summed E-state index contributed by atoms with van der Waals surface area (Å²) in [5.74, 6) is -0.0687. The topological polar surface area (TPSA) is 56.5 Å². The summed E-state index contributed by atoms with van der Waals surface area (Å²) in [6.45, 7) is 0. The van der Waals surface area contributed by atoms with Crippen LogP contribution in [-0.4, -0.2) is 5.97 Å². The molecule has 0 radical (unpaired) electrons. The minimum absolute atomic E-state index is 0.0151. The summed E-state index contributed by atoms with van der Waals surface area (Å²) in [6.07, 6.45) is 1.34. The third-order valence-corrected chi connectivity index (χ3v) is 3.39. The molecule has 0 unspecified atom stereocenters. The molecule has 1 aromatic heterocycles.